The molecule has 2 amide bonds. The molecule has 1 aromatic carbocycles. The minimum absolute atomic E-state index is 0.0685. The fourth-order valence-corrected chi connectivity index (χ4v) is 2.08. The zero-order valence-corrected chi connectivity index (χ0v) is 10.9. The lowest BCUT2D eigenvalue weighted by molar-refractivity contribution is 0.154. The van der Waals surface area contributed by atoms with Crippen LogP contribution >= 0.6 is 0 Å². The predicted molar refractivity (Wildman–Crippen MR) is 72.6 cm³/mol. The smallest absolute Gasteiger partial charge is 0.317 e. The Labute approximate surface area is 109 Å². The van der Waals surface area contributed by atoms with E-state index in [4.69, 9.17) is 0 Å². The Balaban J connectivity index is 1.69. The molecule has 1 fully saturated rings. The predicted octanol–water partition coefficient (Wildman–Crippen LogP) is 1.19. The first-order valence-corrected chi connectivity index (χ1v) is 6.51. The van der Waals surface area contributed by atoms with Crippen LogP contribution in [0.15, 0.2) is 30.3 Å². The molecule has 4 nitrogen and oxygen atoms in total. The van der Waals surface area contributed by atoms with Gasteiger partial charge >= 0.3 is 6.03 Å². The van der Waals surface area contributed by atoms with Gasteiger partial charge in [-0.15, -0.1) is 0 Å². The van der Waals surface area contributed by atoms with Gasteiger partial charge in [0.2, 0.25) is 0 Å². The van der Waals surface area contributed by atoms with Gasteiger partial charge in [0, 0.05) is 32.7 Å². The topological polar surface area (TPSA) is 35.6 Å². The highest BCUT2D eigenvalue weighted by molar-refractivity contribution is 5.74. The molecule has 0 atom stereocenters. The Hall–Kier alpha value is -1.55. The maximum atomic E-state index is 11.9. The lowest BCUT2D eigenvalue weighted by atomic mass is 10.1. The van der Waals surface area contributed by atoms with Crippen molar-refractivity contribution in [1.29, 1.82) is 0 Å². The Morgan fingerprint density at radius 3 is 2.50 bits per heavy atom. The van der Waals surface area contributed by atoms with Crippen LogP contribution in [0.2, 0.25) is 0 Å². The molecule has 1 heterocycles. The van der Waals surface area contributed by atoms with Crippen LogP contribution < -0.4 is 5.32 Å². The second-order valence-corrected chi connectivity index (χ2v) is 4.76. The summed E-state index contributed by atoms with van der Waals surface area (Å²) in [6.45, 7) is 4.29. The summed E-state index contributed by atoms with van der Waals surface area (Å²) in [4.78, 5) is 16.0. The van der Waals surface area contributed by atoms with Gasteiger partial charge in [-0.1, -0.05) is 30.3 Å². The van der Waals surface area contributed by atoms with Crippen molar-refractivity contribution in [3.05, 3.63) is 35.9 Å². The van der Waals surface area contributed by atoms with E-state index in [1.807, 2.05) is 23.1 Å². The standard InChI is InChI=1S/C14H21N3O/c1-16-9-11-17(12-10-16)14(18)15-8-7-13-5-3-2-4-6-13/h2-6H,7-12H2,1H3,(H,15,18). The molecule has 1 saturated heterocycles. The summed E-state index contributed by atoms with van der Waals surface area (Å²) in [6.07, 6.45) is 0.889. The van der Waals surface area contributed by atoms with Crippen molar-refractivity contribution in [3.63, 3.8) is 0 Å². The third-order valence-corrected chi connectivity index (χ3v) is 3.32. The van der Waals surface area contributed by atoms with E-state index in [1.165, 1.54) is 5.56 Å². The minimum Gasteiger partial charge on any atom is -0.338 e. The number of hydrogen-bond donors (Lipinski definition) is 1. The number of carbonyl (C=O) groups is 1. The van der Waals surface area contributed by atoms with Crippen LogP contribution in [0.5, 0.6) is 0 Å². The van der Waals surface area contributed by atoms with E-state index in [-0.39, 0.29) is 6.03 Å². The van der Waals surface area contributed by atoms with E-state index in [9.17, 15) is 4.79 Å². The van der Waals surface area contributed by atoms with E-state index in [0.717, 1.165) is 32.6 Å². The summed E-state index contributed by atoms with van der Waals surface area (Å²) in [6, 6.07) is 10.3. The van der Waals surface area contributed by atoms with Gasteiger partial charge in [-0.3, -0.25) is 0 Å². The van der Waals surface area contributed by atoms with Crippen molar-refractivity contribution < 1.29 is 4.79 Å². The summed E-state index contributed by atoms with van der Waals surface area (Å²) in [5.41, 5.74) is 1.26. The number of amides is 2. The van der Waals surface area contributed by atoms with Gasteiger partial charge in [-0.25, -0.2) is 4.79 Å². The zero-order valence-electron chi connectivity index (χ0n) is 10.9. The summed E-state index contributed by atoms with van der Waals surface area (Å²) in [7, 11) is 2.09. The Morgan fingerprint density at radius 2 is 1.83 bits per heavy atom. The van der Waals surface area contributed by atoms with Gasteiger partial charge in [0.05, 0.1) is 0 Å². The lowest BCUT2D eigenvalue weighted by Crippen LogP contribution is -2.50. The van der Waals surface area contributed by atoms with Crippen LogP contribution in [-0.2, 0) is 6.42 Å². The highest BCUT2D eigenvalue weighted by Gasteiger charge is 2.18. The van der Waals surface area contributed by atoms with Crippen molar-refractivity contribution in [2.75, 3.05) is 39.8 Å². The highest BCUT2D eigenvalue weighted by atomic mass is 16.2. The molecule has 1 aliphatic rings. The summed E-state index contributed by atoms with van der Waals surface area (Å²) in [5.74, 6) is 0. The maximum Gasteiger partial charge on any atom is 0.317 e. The quantitative estimate of drug-likeness (QED) is 0.871. The molecule has 2 rings (SSSR count). The SMILES string of the molecule is CN1CCN(C(=O)NCCc2ccccc2)CC1. The Bertz CT molecular complexity index is 372. The highest BCUT2D eigenvalue weighted by Crippen LogP contribution is 2.01. The molecule has 1 aromatic rings. The van der Waals surface area contributed by atoms with Crippen molar-refractivity contribution in [3.8, 4) is 0 Å². The number of benzene rings is 1. The van der Waals surface area contributed by atoms with Gasteiger partial charge in [0.15, 0.2) is 0 Å². The Morgan fingerprint density at radius 1 is 1.17 bits per heavy atom. The molecule has 98 valence electrons. The summed E-state index contributed by atoms with van der Waals surface area (Å²) < 4.78 is 0. The van der Waals surface area contributed by atoms with Gasteiger partial charge in [-0.05, 0) is 19.0 Å². The Kier molecular flexibility index (Phi) is 4.59. The lowest BCUT2D eigenvalue weighted by Gasteiger charge is -2.32. The van der Waals surface area contributed by atoms with Crippen molar-refractivity contribution >= 4 is 6.03 Å². The molecule has 0 radical (unpaired) electrons. The average molecular weight is 247 g/mol. The molecule has 1 N–H and O–H groups in total. The molecule has 0 saturated carbocycles. The molecule has 4 heteroatoms. The molecule has 0 spiro atoms. The fourth-order valence-electron chi connectivity index (χ4n) is 2.08. The van der Waals surface area contributed by atoms with Crippen LogP contribution in [0.3, 0.4) is 0 Å². The number of carbonyl (C=O) groups excluding carboxylic acids is 1. The van der Waals surface area contributed by atoms with Crippen LogP contribution in [0.1, 0.15) is 5.56 Å². The second-order valence-electron chi connectivity index (χ2n) is 4.76. The summed E-state index contributed by atoms with van der Waals surface area (Å²) in [5, 5.41) is 2.98. The number of piperazine rings is 1. The normalized spacial score (nSPS) is 16.6. The van der Waals surface area contributed by atoms with E-state index in [2.05, 4.69) is 29.4 Å². The monoisotopic (exact) mass is 247 g/mol. The largest absolute Gasteiger partial charge is 0.338 e. The molecular formula is C14H21N3O. The summed E-state index contributed by atoms with van der Waals surface area (Å²) >= 11 is 0. The number of hydrogen-bond acceptors (Lipinski definition) is 2. The molecule has 0 bridgehead atoms. The number of likely N-dealkylation sites (N-methyl/N-ethyl adjacent to an activating group) is 1. The number of urea groups is 1. The molecule has 0 unspecified atom stereocenters. The molecule has 1 aliphatic heterocycles. The third-order valence-electron chi connectivity index (χ3n) is 3.32. The van der Waals surface area contributed by atoms with Crippen LogP contribution in [-0.4, -0.2) is 55.6 Å². The number of nitrogens with zero attached hydrogens (tertiary/aromatic N) is 2. The molecule has 18 heavy (non-hydrogen) atoms. The molecule has 0 aromatic heterocycles. The third kappa shape index (κ3) is 3.74. The van der Waals surface area contributed by atoms with Gasteiger partial charge < -0.3 is 15.1 Å². The van der Waals surface area contributed by atoms with E-state index >= 15 is 0 Å². The minimum atomic E-state index is 0.0685. The first kappa shape index (κ1) is 12.9. The van der Waals surface area contributed by atoms with Crippen molar-refractivity contribution in [2.24, 2.45) is 0 Å². The van der Waals surface area contributed by atoms with Crippen molar-refractivity contribution in [2.45, 2.75) is 6.42 Å². The number of nitrogens with one attached hydrogen (secondary N) is 1. The van der Waals surface area contributed by atoms with Crippen LogP contribution in [0.4, 0.5) is 4.79 Å². The van der Waals surface area contributed by atoms with E-state index < -0.39 is 0 Å². The van der Waals surface area contributed by atoms with Gasteiger partial charge in [-0.2, -0.15) is 0 Å². The number of rotatable bonds is 3. The van der Waals surface area contributed by atoms with Gasteiger partial charge in [0.1, 0.15) is 0 Å². The zero-order chi connectivity index (χ0) is 12.8. The first-order chi connectivity index (χ1) is 8.75. The second kappa shape index (κ2) is 6.40. The molecular weight excluding hydrogens is 226 g/mol. The van der Waals surface area contributed by atoms with Gasteiger partial charge in [0.25, 0.3) is 0 Å². The van der Waals surface area contributed by atoms with E-state index in [1.54, 1.807) is 0 Å². The molecule has 0 aliphatic carbocycles. The van der Waals surface area contributed by atoms with Crippen LogP contribution in [0.25, 0.3) is 0 Å². The van der Waals surface area contributed by atoms with E-state index in [0.29, 0.717) is 6.54 Å². The van der Waals surface area contributed by atoms with Crippen molar-refractivity contribution in [1.82, 2.24) is 15.1 Å². The van der Waals surface area contributed by atoms with Crippen LogP contribution in [0, 0.1) is 0 Å². The fraction of sp³-hybridized carbons (Fsp3) is 0.500. The maximum absolute atomic E-state index is 11.9. The average Bonchev–Trinajstić information content (AvgIpc) is 2.40. The first-order valence-electron chi connectivity index (χ1n) is 6.51.